The van der Waals surface area contributed by atoms with Crippen LogP contribution >= 0.6 is 11.6 Å². The van der Waals surface area contributed by atoms with Gasteiger partial charge < -0.3 is 4.74 Å². The van der Waals surface area contributed by atoms with Gasteiger partial charge >= 0.3 is 0 Å². The Labute approximate surface area is 90.0 Å². The molecule has 0 saturated carbocycles. The second kappa shape index (κ2) is 4.33. The van der Waals surface area contributed by atoms with Crippen molar-refractivity contribution in [1.29, 1.82) is 0 Å². The average Bonchev–Trinajstić information content (AvgIpc) is 2.56. The zero-order valence-corrected chi connectivity index (χ0v) is 9.13. The second-order valence-electron chi connectivity index (χ2n) is 3.96. The lowest BCUT2D eigenvalue weighted by molar-refractivity contribution is 0.106. The molecule has 0 radical (unpaired) electrons. The van der Waals surface area contributed by atoms with Crippen molar-refractivity contribution in [2.75, 3.05) is 6.61 Å². The summed E-state index contributed by atoms with van der Waals surface area (Å²) in [5.41, 5.74) is 1.36. The number of hydrogen-bond donors (Lipinski definition) is 0. The first kappa shape index (κ1) is 10.0. The smallest absolute Gasteiger partial charge is 0.0579 e. The first-order valence-electron chi connectivity index (χ1n) is 5.12. The van der Waals surface area contributed by atoms with Gasteiger partial charge in [-0.05, 0) is 43.4 Å². The van der Waals surface area contributed by atoms with Crippen LogP contribution in [0.2, 0.25) is 5.02 Å². The molecule has 1 aliphatic heterocycles. The topological polar surface area (TPSA) is 9.23 Å². The van der Waals surface area contributed by atoms with Gasteiger partial charge in [-0.15, -0.1) is 0 Å². The Morgan fingerprint density at radius 2 is 2.07 bits per heavy atom. The minimum absolute atomic E-state index is 0.408. The summed E-state index contributed by atoms with van der Waals surface area (Å²) < 4.78 is 5.54. The standard InChI is InChI=1S/C12H15ClO/c1-9-11(6-7-14-9)8-10-2-4-12(13)5-3-10/h2-5,9,11H,6-8H2,1H3/t9-,11?/m1/s1. The molecule has 0 aromatic heterocycles. The van der Waals surface area contributed by atoms with Gasteiger partial charge in [0.15, 0.2) is 0 Å². The van der Waals surface area contributed by atoms with E-state index in [9.17, 15) is 0 Å². The highest BCUT2D eigenvalue weighted by atomic mass is 35.5. The third-order valence-corrected chi connectivity index (χ3v) is 3.20. The summed E-state index contributed by atoms with van der Waals surface area (Å²) in [6, 6.07) is 8.12. The van der Waals surface area contributed by atoms with Crippen LogP contribution in [0.5, 0.6) is 0 Å². The highest BCUT2D eigenvalue weighted by Crippen LogP contribution is 2.24. The molecule has 1 aromatic carbocycles. The van der Waals surface area contributed by atoms with Crippen LogP contribution in [0.25, 0.3) is 0 Å². The van der Waals surface area contributed by atoms with Gasteiger partial charge in [0.05, 0.1) is 6.10 Å². The van der Waals surface area contributed by atoms with E-state index in [4.69, 9.17) is 16.3 Å². The van der Waals surface area contributed by atoms with Crippen LogP contribution in [0, 0.1) is 5.92 Å². The Morgan fingerprint density at radius 1 is 1.36 bits per heavy atom. The largest absolute Gasteiger partial charge is 0.378 e. The van der Waals surface area contributed by atoms with E-state index < -0.39 is 0 Å². The van der Waals surface area contributed by atoms with Gasteiger partial charge in [-0.3, -0.25) is 0 Å². The maximum Gasteiger partial charge on any atom is 0.0579 e. The molecular weight excluding hydrogens is 196 g/mol. The summed E-state index contributed by atoms with van der Waals surface area (Å²) >= 11 is 5.83. The molecule has 0 spiro atoms. The molecule has 2 atom stereocenters. The van der Waals surface area contributed by atoms with Gasteiger partial charge in [0, 0.05) is 11.6 Å². The van der Waals surface area contributed by atoms with E-state index in [1.54, 1.807) is 0 Å². The first-order valence-corrected chi connectivity index (χ1v) is 5.49. The number of rotatable bonds is 2. The lowest BCUT2D eigenvalue weighted by Gasteiger charge is -2.13. The minimum Gasteiger partial charge on any atom is -0.378 e. The van der Waals surface area contributed by atoms with E-state index in [0.717, 1.165) is 18.1 Å². The van der Waals surface area contributed by atoms with Crippen LogP contribution in [-0.4, -0.2) is 12.7 Å². The number of halogens is 1. The van der Waals surface area contributed by atoms with Crippen molar-refractivity contribution in [1.82, 2.24) is 0 Å². The Bertz CT molecular complexity index is 294. The van der Waals surface area contributed by atoms with E-state index >= 15 is 0 Å². The molecule has 1 unspecified atom stereocenters. The zero-order chi connectivity index (χ0) is 9.97. The van der Waals surface area contributed by atoms with Crippen molar-refractivity contribution < 1.29 is 4.74 Å². The molecule has 0 aliphatic carbocycles. The minimum atomic E-state index is 0.408. The molecule has 0 N–H and O–H groups in total. The Morgan fingerprint density at radius 3 is 2.64 bits per heavy atom. The van der Waals surface area contributed by atoms with Gasteiger partial charge in [-0.25, -0.2) is 0 Å². The molecule has 2 heteroatoms. The van der Waals surface area contributed by atoms with Gasteiger partial charge in [0.2, 0.25) is 0 Å². The van der Waals surface area contributed by atoms with Crippen molar-refractivity contribution >= 4 is 11.6 Å². The fraction of sp³-hybridized carbons (Fsp3) is 0.500. The predicted octanol–water partition coefficient (Wildman–Crippen LogP) is 3.31. The molecule has 1 aromatic rings. The monoisotopic (exact) mass is 210 g/mol. The average molecular weight is 211 g/mol. The number of benzene rings is 1. The maximum absolute atomic E-state index is 5.83. The molecular formula is C12H15ClO. The van der Waals surface area contributed by atoms with Gasteiger partial charge in [-0.1, -0.05) is 23.7 Å². The summed E-state index contributed by atoms with van der Waals surface area (Å²) in [6.07, 6.45) is 2.70. The van der Waals surface area contributed by atoms with E-state index in [1.807, 2.05) is 12.1 Å². The summed E-state index contributed by atoms with van der Waals surface area (Å²) in [6.45, 7) is 3.08. The second-order valence-corrected chi connectivity index (χ2v) is 4.39. The Hall–Kier alpha value is -0.530. The van der Waals surface area contributed by atoms with Crippen LogP contribution < -0.4 is 0 Å². The van der Waals surface area contributed by atoms with Crippen molar-refractivity contribution in [3.8, 4) is 0 Å². The fourth-order valence-electron chi connectivity index (χ4n) is 1.97. The zero-order valence-electron chi connectivity index (χ0n) is 8.37. The Kier molecular flexibility index (Phi) is 3.09. The SMILES string of the molecule is C[C@H]1OCCC1Cc1ccc(Cl)cc1. The van der Waals surface area contributed by atoms with Crippen LogP contribution in [0.1, 0.15) is 18.9 Å². The lowest BCUT2D eigenvalue weighted by Crippen LogP contribution is -2.13. The lowest BCUT2D eigenvalue weighted by atomic mass is 9.94. The van der Waals surface area contributed by atoms with Crippen molar-refractivity contribution in [3.63, 3.8) is 0 Å². The predicted molar refractivity (Wildman–Crippen MR) is 58.7 cm³/mol. The third-order valence-electron chi connectivity index (χ3n) is 2.94. The Balaban J connectivity index is 2.00. The fourth-order valence-corrected chi connectivity index (χ4v) is 2.09. The molecule has 1 nitrogen and oxygen atoms in total. The first-order chi connectivity index (χ1) is 6.75. The van der Waals surface area contributed by atoms with E-state index in [-0.39, 0.29) is 0 Å². The molecule has 1 fully saturated rings. The molecule has 76 valence electrons. The molecule has 0 amide bonds. The van der Waals surface area contributed by atoms with Crippen molar-refractivity contribution in [3.05, 3.63) is 34.9 Å². The van der Waals surface area contributed by atoms with E-state index in [0.29, 0.717) is 12.0 Å². The molecule has 14 heavy (non-hydrogen) atoms. The van der Waals surface area contributed by atoms with Crippen molar-refractivity contribution in [2.45, 2.75) is 25.9 Å². The molecule has 1 aliphatic rings. The summed E-state index contributed by atoms with van der Waals surface area (Å²) in [5, 5.41) is 0.810. The van der Waals surface area contributed by atoms with Gasteiger partial charge in [0.1, 0.15) is 0 Å². The number of ether oxygens (including phenoxy) is 1. The number of hydrogen-bond acceptors (Lipinski definition) is 1. The summed E-state index contributed by atoms with van der Waals surface area (Å²) in [7, 11) is 0. The summed E-state index contributed by atoms with van der Waals surface area (Å²) in [5.74, 6) is 0.677. The molecule has 1 saturated heterocycles. The molecule has 2 rings (SSSR count). The van der Waals surface area contributed by atoms with Crippen molar-refractivity contribution in [2.24, 2.45) is 5.92 Å². The third kappa shape index (κ3) is 2.28. The van der Waals surface area contributed by atoms with Crippen LogP contribution in [-0.2, 0) is 11.2 Å². The van der Waals surface area contributed by atoms with Crippen LogP contribution in [0.15, 0.2) is 24.3 Å². The van der Waals surface area contributed by atoms with Crippen LogP contribution in [0.4, 0.5) is 0 Å². The highest BCUT2D eigenvalue weighted by Gasteiger charge is 2.23. The van der Waals surface area contributed by atoms with Crippen LogP contribution in [0.3, 0.4) is 0 Å². The van der Waals surface area contributed by atoms with E-state index in [1.165, 1.54) is 12.0 Å². The van der Waals surface area contributed by atoms with E-state index in [2.05, 4.69) is 19.1 Å². The molecule has 1 heterocycles. The normalized spacial score (nSPS) is 26.7. The highest BCUT2D eigenvalue weighted by molar-refractivity contribution is 6.30. The maximum atomic E-state index is 5.83. The van der Waals surface area contributed by atoms with Gasteiger partial charge in [0.25, 0.3) is 0 Å². The quantitative estimate of drug-likeness (QED) is 0.728. The molecule has 0 bridgehead atoms. The summed E-state index contributed by atoms with van der Waals surface area (Å²) in [4.78, 5) is 0. The van der Waals surface area contributed by atoms with Gasteiger partial charge in [-0.2, -0.15) is 0 Å².